The number of halogens is 1. The number of benzene rings is 2. The molecular formula is C21H23FN2O4. The van der Waals surface area contributed by atoms with Crippen LogP contribution in [0.2, 0.25) is 0 Å². The Morgan fingerprint density at radius 3 is 2.75 bits per heavy atom. The fraction of sp³-hybridized carbons (Fsp3) is 0.333. The lowest BCUT2D eigenvalue weighted by Crippen LogP contribution is -2.38. The molecular weight excluding hydrogens is 363 g/mol. The Kier molecular flexibility index (Phi) is 6.60. The van der Waals surface area contributed by atoms with Crippen LogP contribution in [0.1, 0.15) is 22.3 Å². The molecule has 0 saturated heterocycles. The van der Waals surface area contributed by atoms with Crippen molar-refractivity contribution in [2.75, 3.05) is 32.2 Å². The van der Waals surface area contributed by atoms with E-state index in [1.165, 1.54) is 24.3 Å². The monoisotopic (exact) mass is 386 g/mol. The molecule has 1 aliphatic rings. The smallest absolute Gasteiger partial charge is 0.255 e. The predicted octanol–water partition coefficient (Wildman–Crippen LogP) is 2.78. The van der Waals surface area contributed by atoms with Gasteiger partial charge in [-0.3, -0.25) is 9.59 Å². The molecule has 0 unspecified atom stereocenters. The molecule has 2 N–H and O–H groups in total. The zero-order valence-corrected chi connectivity index (χ0v) is 15.7. The van der Waals surface area contributed by atoms with Gasteiger partial charge >= 0.3 is 0 Å². The van der Waals surface area contributed by atoms with E-state index in [0.717, 1.165) is 12.0 Å². The lowest BCUT2D eigenvalue weighted by Gasteiger charge is -2.25. The van der Waals surface area contributed by atoms with Gasteiger partial charge in [-0.15, -0.1) is 0 Å². The van der Waals surface area contributed by atoms with Gasteiger partial charge in [0.25, 0.3) is 5.91 Å². The van der Waals surface area contributed by atoms with Crippen molar-refractivity contribution in [2.45, 2.75) is 12.8 Å². The van der Waals surface area contributed by atoms with Gasteiger partial charge in [0.1, 0.15) is 18.2 Å². The zero-order chi connectivity index (χ0) is 19.9. The molecule has 1 heterocycles. The van der Waals surface area contributed by atoms with E-state index in [-0.39, 0.29) is 17.7 Å². The number of methoxy groups -OCH3 is 1. The number of carbonyl (C=O) groups is 2. The third kappa shape index (κ3) is 5.07. The van der Waals surface area contributed by atoms with Gasteiger partial charge < -0.3 is 20.1 Å². The molecule has 0 radical (unpaired) electrons. The highest BCUT2D eigenvalue weighted by molar-refractivity contribution is 6.04. The van der Waals surface area contributed by atoms with Crippen molar-refractivity contribution in [3.63, 3.8) is 0 Å². The van der Waals surface area contributed by atoms with Crippen LogP contribution in [0.25, 0.3) is 0 Å². The molecule has 1 aliphatic heterocycles. The van der Waals surface area contributed by atoms with Gasteiger partial charge in [-0.05, 0) is 60.9 Å². The van der Waals surface area contributed by atoms with Crippen molar-refractivity contribution in [1.82, 2.24) is 5.32 Å². The van der Waals surface area contributed by atoms with E-state index >= 15 is 0 Å². The van der Waals surface area contributed by atoms with Crippen molar-refractivity contribution < 1.29 is 23.5 Å². The second kappa shape index (κ2) is 9.32. The van der Waals surface area contributed by atoms with E-state index in [0.29, 0.717) is 43.2 Å². The highest BCUT2D eigenvalue weighted by atomic mass is 19.1. The van der Waals surface area contributed by atoms with Crippen LogP contribution in [-0.2, 0) is 16.0 Å². The minimum atomic E-state index is -0.394. The average molecular weight is 386 g/mol. The van der Waals surface area contributed by atoms with Gasteiger partial charge in [-0.25, -0.2) is 4.39 Å². The van der Waals surface area contributed by atoms with E-state index in [1.54, 1.807) is 25.3 Å². The number of amides is 2. The molecule has 3 rings (SSSR count). The number of hydrogen-bond donors (Lipinski definition) is 2. The topological polar surface area (TPSA) is 76.7 Å². The molecule has 1 atom stereocenters. The molecule has 0 bridgehead atoms. The lowest BCUT2D eigenvalue weighted by molar-refractivity contribution is -0.126. The molecule has 2 aromatic carbocycles. The first-order valence-electron chi connectivity index (χ1n) is 9.16. The quantitative estimate of drug-likeness (QED) is 0.718. The maximum atomic E-state index is 13.0. The molecule has 7 heteroatoms. The van der Waals surface area contributed by atoms with Crippen molar-refractivity contribution in [1.29, 1.82) is 0 Å². The Hall–Kier alpha value is -2.93. The molecule has 0 aromatic heterocycles. The van der Waals surface area contributed by atoms with Crippen molar-refractivity contribution in [3.8, 4) is 5.75 Å². The Bertz CT molecular complexity index is 839. The molecule has 0 fully saturated rings. The SMILES string of the molecule is COCCCNC(=O)[C@H]1COc2ccc(NC(=O)c3ccc(F)cc3)cc2C1. The number of ether oxygens (including phenoxy) is 2. The number of anilines is 1. The largest absolute Gasteiger partial charge is 0.492 e. The van der Waals surface area contributed by atoms with Crippen LogP contribution >= 0.6 is 0 Å². The van der Waals surface area contributed by atoms with Crippen molar-refractivity contribution >= 4 is 17.5 Å². The first-order chi connectivity index (χ1) is 13.6. The third-order valence-electron chi connectivity index (χ3n) is 4.53. The number of carbonyl (C=O) groups excluding carboxylic acids is 2. The minimum absolute atomic E-state index is 0.0532. The van der Waals surface area contributed by atoms with Gasteiger partial charge in [0.15, 0.2) is 0 Å². The summed E-state index contributed by atoms with van der Waals surface area (Å²) in [6.07, 6.45) is 1.29. The summed E-state index contributed by atoms with van der Waals surface area (Å²) in [6.45, 7) is 1.48. The standard InChI is InChI=1S/C21H23FN2O4/c1-27-10-2-9-23-20(25)16-11-15-12-18(7-8-19(15)28-13-16)24-21(26)14-3-5-17(22)6-4-14/h3-8,12,16H,2,9-11,13H2,1H3,(H,23,25)(H,24,26)/t16-/m1/s1. The fourth-order valence-electron chi connectivity index (χ4n) is 3.02. The Morgan fingerprint density at radius 1 is 1.21 bits per heavy atom. The van der Waals surface area contributed by atoms with E-state index < -0.39 is 5.82 Å². The molecule has 2 aromatic rings. The summed E-state index contributed by atoms with van der Waals surface area (Å²) in [7, 11) is 1.63. The highest BCUT2D eigenvalue weighted by Crippen LogP contribution is 2.30. The molecule has 0 aliphatic carbocycles. The molecule has 2 amide bonds. The number of hydrogen-bond acceptors (Lipinski definition) is 4. The van der Waals surface area contributed by atoms with Gasteiger partial charge in [0.2, 0.25) is 5.91 Å². The summed E-state index contributed by atoms with van der Waals surface area (Å²) >= 11 is 0. The molecule has 6 nitrogen and oxygen atoms in total. The van der Waals surface area contributed by atoms with Gasteiger partial charge in [-0.2, -0.15) is 0 Å². The number of nitrogens with one attached hydrogen (secondary N) is 2. The molecule has 0 spiro atoms. The normalized spacial score (nSPS) is 15.3. The van der Waals surface area contributed by atoms with Crippen LogP contribution < -0.4 is 15.4 Å². The number of rotatable bonds is 7. The van der Waals surface area contributed by atoms with E-state index in [9.17, 15) is 14.0 Å². The summed E-state index contributed by atoms with van der Waals surface area (Å²) in [4.78, 5) is 24.6. The first kappa shape index (κ1) is 19.8. The van der Waals surface area contributed by atoms with Crippen LogP contribution in [0.3, 0.4) is 0 Å². The summed E-state index contributed by atoms with van der Waals surface area (Å²) in [6, 6.07) is 10.7. The van der Waals surface area contributed by atoms with E-state index in [2.05, 4.69) is 10.6 Å². The fourth-order valence-corrected chi connectivity index (χ4v) is 3.02. The Balaban J connectivity index is 1.62. The highest BCUT2D eigenvalue weighted by Gasteiger charge is 2.26. The zero-order valence-electron chi connectivity index (χ0n) is 15.7. The van der Waals surface area contributed by atoms with Crippen LogP contribution in [0, 0.1) is 11.7 Å². The summed E-state index contributed by atoms with van der Waals surface area (Å²) < 4.78 is 23.7. The predicted molar refractivity (Wildman–Crippen MR) is 103 cm³/mol. The first-order valence-corrected chi connectivity index (χ1v) is 9.16. The minimum Gasteiger partial charge on any atom is -0.492 e. The van der Waals surface area contributed by atoms with Crippen molar-refractivity contribution in [2.24, 2.45) is 5.92 Å². The average Bonchev–Trinajstić information content (AvgIpc) is 2.71. The van der Waals surface area contributed by atoms with Gasteiger partial charge in [-0.1, -0.05) is 0 Å². The van der Waals surface area contributed by atoms with E-state index in [4.69, 9.17) is 9.47 Å². The molecule has 0 saturated carbocycles. The van der Waals surface area contributed by atoms with Crippen LogP contribution in [-0.4, -0.2) is 38.7 Å². The van der Waals surface area contributed by atoms with Crippen LogP contribution in [0.4, 0.5) is 10.1 Å². The van der Waals surface area contributed by atoms with Gasteiger partial charge in [0.05, 0.1) is 5.92 Å². The maximum absolute atomic E-state index is 13.0. The Morgan fingerprint density at radius 2 is 2.00 bits per heavy atom. The second-order valence-electron chi connectivity index (χ2n) is 6.63. The summed E-state index contributed by atoms with van der Waals surface area (Å²) in [5.74, 6) is -0.345. The number of fused-ring (bicyclic) bond motifs is 1. The van der Waals surface area contributed by atoms with Gasteiger partial charge in [0, 0.05) is 31.5 Å². The Labute approximate surface area is 163 Å². The second-order valence-corrected chi connectivity index (χ2v) is 6.63. The lowest BCUT2D eigenvalue weighted by atomic mass is 9.95. The maximum Gasteiger partial charge on any atom is 0.255 e. The molecule has 28 heavy (non-hydrogen) atoms. The van der Waals surface area contributed by atoms with E-state index in [1.807, 2.05) is 0 Å². The summed E-state index contributed by atoms with van der Waals surface area (Å²) in [5.41, 5.74) is 1.82. The van der Waals surface area contributed by atoms with Crippen LogP contribution in [0.5, 0.6) is 5.75 Å². The molecule has 148 valence electrons. The summed E-state index contributed by atoms with van der Waals surface area (Å²) in [5, 5.41) is 5.68. The van der Waals surface area contributed by atoms with Crippen LogP contribution in [0.15, 0.2) is 42.5 Å². The van der Waals surface area contributed by atoms with Crippen molar-refractivity contribution in [3.05, 3.63) is 59.4 Å². The third-order valence-corrected chi connectivity index (χ3v) is 4.53.